The van der Waals surface area contributed by atoms with Gasteiger partial charge in [-0.1, -0.05) is 35.9 Å². The number of nitrogens with one attached hydrogen (secondary N) is 1. The van der Waals surface area contributed by atoms with Crippen LogP contribution < -0.4 is 5.32 Å². The van der Waals surface area contributed by atoms with E-state index in [2.05, 4.69) is 15.5 Å². The number of carboxylic acids is 1. The zero-order chi connectivity index (χ0) is 14.8. The molecule has 104 valence electrons. The van der Waals surface area contributed by atoms with E-state index in [0.717, 1.165) is 10.8 Å². The number of halogens is 1. The number of benzene rings is 2. The van der Waals surface area contributed by atoms with Gasteiger partial charge in [-0.15, -0.1) is 10.2 Å². The van der Waals surface area contributed by atoms with E-state index in [1.54, 1.807) is 24.3 Å². The molecule has 0 saturated carbocycles. The van der Waals surface area contributed by atoms with Gasteiger partial charge in [-0.25, -0.2) is 4.79 Å². The normalized spacial score (nSPS) is 10.5. The van der Waals surface area contributed by atoms with Gasteiger partial charge in [-0.05, 0) is 35.0 Å². The number of carbonyl (C=O) groups is 1. The van der Waals surface area contributed by atoms with Crippen LogP contribution in [-0.4, -0.2) is 21.3 Å². The fourth-order valence-corrected chi connectivity index (χ4v) is 2.14. The summed E-state index contributed by atoms with van der Waals surface area (Å²) >= 11 is 5.68. The first-order valence-corrected chi connectivity index (χ1v) is 6.53. The molecule has 0 aliphatic carbocycles. The van der Waals surface area contributed by atoms with Gasteiger partial charge in [-0.3, -0.25) is 0 Å². The largest absolute Gasteiger partial charge is 0.478 e. The second-order valence-corrected chi connectivity index (χ2v) is 4.80. The Morgan fingerprint density at radius 3 is 2.38 bits per heavy atom. The molecule has 3 rings (SSSR count). The van der Waals surface area contributed by atoms with Crippen LogP contribution >= 0.6 is 11.6 Å². The van der Waals surface area contributed by atoms with Crippen molar-refractivity contribution in [2.75, 3.05) is 5.32 Å². The minimum absolute atomic E-state index is 0.172. The molecule has 21 heavy (non-hydrogen) atoms. The number of aromatic carboxylic acids is 1. The third-order valence-corrected chi connectivity index (χ3v) is 3.21. The number of nitrogens with zero attached hydrogens (tertiary/aromatic N) is 2. The van der Waals surface area contributed by atoms with Crippen LogP contribution in [-0.2, 0) is 0 Å². The molecule has 0 amide bonds. The minimum Gasteiger partial charge on any atom is -0.478 e. The van der Waals surface area contributed by atoms with Gasteiger partial charge in [-0.2, -0.15) is 0 Å². The van der Waals surface area contributed by atoms with Gasteiger partial charge in [0, 0.05) is 0 Å². The van der Waals surface area contributed by atoms with Crippen molar-refractivity contribution in [1.29, 1.82) is 0 Å². The molecule has 6 heteroatoms. The highest BCUT2D eigenvalue weighted by molar-refractivity contribution is 6.29. The number of hydrogen-bond acceptors (Lipinski definition) is 4. The molecule has 0 spiro atoms. The summed E-state index contributed by atoms with van der Waals surface area (Å²) in [5.41, 5.74) is 0.628. The number of rotatable bonds is 3. The highest BCUT2D eigenvalue weighted by Crippen LogP contribution is 2.26. The van der Waals surface area contributed by atoms with Crippen molar-refractivity contribution in [3.05, 3.63) is 59.2 Å². The van der Waals surface area contributed by atoms with E-state index in [1.807, 2.05) is 24.3 Å². The first kappa shape index (κ1) is 13.3. The average Bonchev–Trinajstić information content (AvgIpc) is 2.48. The molecule has 0 radical (unpaired) electrons. The number of hydrogen-bond donors (Lipinski definition) is 2. The predicted octanol–water partition coefficient (Wildman–Crippen LogP) is 3.73. The van der Waals surface area contributed by atoms with E-state index < -0.39 is 5.97 Å². The third-order valence-electron chi connectivity index (χ3n) is 3.01. The highest BCUT2D eigenvalue weighted by atomic mass is 35.5. The van der Waals surface area contributed by atoms with Gasteiger partial charge < -0.3 is 10.4 Å². The molecular formula is C15H10ClN3O2. The van der Waals surface area contributed by atoms with Crippen LogP contribution in [0.25, 0.3) is 10.8 Å². The van der Waals surface area contributed by atoms with Gasteiger partial charge in [0.2, 0.25) is 0 Å². The Labute approximate surface area is 125 Å². The fraction of sp³-hybridized carbons (Fsp3) is 0. The second-order valence-electron chi connectivity index (χ2n) is 4.42. The molecule has 0 saturated heterocycles. The topological polar surface area (TPSA) is 75.1 Å². The Bertz CT molecular complexity index is 819. The lowest BCUT2D eigenvalue weighted by Crippen LogP contribution is -2.04. The van der Waals surface area contributed by atoms with Crippen molar-refractivity contribution < 1.29 is 9.90 Å². The number of carboxylic acid groups (broad SMARTS) is 1. The molecule has 0 unspecified atom stereocenters. The van der Waals surface area contributed by atoms with Crippen LogP contribution in [0.1, 0.15) is 10.4 Å². The molecule has 0 atom stereocenters. The Hall–Kier alpha value is -2.66. The van der Waals surface area contributed by atoms with Crippen LogP contribution in [0.2, 0.25) is 5.15 Å². The number of anilines is 2. The van der Waals surface area contributed by atoms with Gasteiger partial charge in [0.15, 0.2) is 11.0 Å². The first-order valence-electron chi connectivity index (χ1n) is 6.16. The lowest BCUT2D eigenvalue weighted by Gasteiger charge is -2.10. The molecule has 2 aromatic carbocycles. The minimum atomic E-state index is -1.01. The van der Waals surface area contributed by atoms with Gasteiger partial charge in [0.25, 0.3) is 0 Å². The second kappa shape index (κ2) is 5.38. The van der Waals surface area contributed by atoms with Crippen molar-refractivity contribution in [2.45, 2.75) is 0 Å². The van der Waals surface area contributed by atoms with E-state index >= 15 is 0 Å². The van der Waals surface area contributed by atoms with Gasteiger partial charge >= 0.3 is 5.97 Å². The van der Waals surface area contributed by atoms with E-state index in [4.69, 9.17) is 11.6 Å². The van der Waals surface area contributed by atoms with E-state index in [1.165, 1.54) is 0 Å². The van der Waals surface area contributed by atoms with Crippen LogP contribution in [0, 0.1) is 0 Å². The van der Waals surface area contributed by atoms with Crippen LogP contribution in [0.4, 0.5) is 11.5 Å². The summed E-state index contributed by atoms with van der Waals surface area (Å²) in [6, 6.07) is 14.2. The van der Waals surface area contributed by atoms with Crippen LogP contribution in [0.3, 0.4) is 0 Å². The number of fused-ring (bicyclic) bond motifs is 1. The summed E-state index contributed by atoms with van der Waals surface area (Å²) in [5, 5.41) is 22.0. The molecule has 0 fully saturated rings. The summed E-state index contributed by atoms with van der Waals surface area (Å²) in [4.78, 5) is 11.4. The van der Waals surface area contributed by atoms with Crippen molar-refractivity contribution in [3.8, 4) is 0 Å². The summed E-state index contributed by atoms with van der Waals surface area (Å²) in [7, 11) is 0. The zero-order valence-electron chi connectivity index (χ0n) is 10.7. The smallest absolute Gasteiger partial charge is 0.337 e. The maximum atomic E-state index is 11.4. The molecule has 0 bridgehead atoms. The Morgan fingerprint density at radius 2 is 1.76 bits per heavy atom. The average molecular weight is 300 g/mol. The molecule has 0 aliphatic heterocycles. The van der Waals surface area contributed by atoms with Gasteiger partial charge in [0.1, 0.15) is 0 Å². The standard InChI is InChI=1S/C15H10ClN3O2/c16-13-5-6-14(19-18-13)17-12-8-10-4-2-1-3-9(10)7-11(12)15(20)21/h1-8H,(H,17,19)(H,20,21). The van der Waals surface area contributed by atoms with Gasteiger partial charge in [0.05, 0.1) is 11.3 Å². The molecule has 0 aliphatic rings. The monoisotopic (exact) mass is 299 g/mol. The van der Waals surface area contributed by atoms with Crippen LogP contribution in [0.5, 0.6) is 0 Å². The van der Waals surface area contributed by atoms with Crippen molar-refractivity contribution in [1.82, 2.24) is 10.2 Å². The Kier molecular flexibility index (Phi) is 3.41. The Balaban J connectivity index is 2.09. The predicted molar refractivity (Wildman–Crippen MR) is 81.2 cm³/mol. The summed E-state index contributed by atoms with van der Waals surface area (Å²) in [6.07, 6.45) is 0. The first-order chi connectivity index (χ1) is 10.1. The molecule has 1 heterocycles. The maximum Gasteiger partial charge on any atom is 0.337 e. The van der Waals surface area contributed by atoms with Crippen molar-refractivity contribution in [2.24, 2.45) is 0 Å². The quantitative estimate of drug-likeness (QED) is 0.771. The highest BCUT2D eigenvalue weighted by Gasteiger charge is 2.12. The van der Waals surface area contributed by atoms with E-state index in [-0.39, 0.29) is 10.7 Å². The lowest BCUT2D eigenvalue weighted by atomic mass is 10.0. The van der Waals surface area contributed by atoms with Crippen molar-refractivity contribution in [3.63, 3.8) is 0 Å². The maximum absolute atomic E-state index is 11.4. The molecule has 3 aromatic rings. The number of aromatic nitrogens is 2. The van der Waals surface area contributed by atoms with Crippen LogP contribution in [0.15, 0.2) is 48.5 Å². The summed E-state index contributed by atoms with van der Waals surface area (Å²) in [5.74, 6) is -0.581. The third kappa shape index (κ3) is 2.78. The summed E-state index contributed by atoms with van der Waals surface area (Å²) < 4.78 is 0. The van der Waals surface area contributed by atoms with Crippen molar-refractivity contribution >= 4 is 39.8 Å². The Morgan fingerprint density at radius 1 is 1.05 bits per heavy atom. The molecule has 2 N–H and O–H groups in total. The SMILES string of the molecule is O=C(O)c1cc2ccccc2cc1Nc1ccc(Cl)nn1. The molecule has 1 aromatic heterocycles. The molecule has 5 nitrogen and oxygen atoms in total. The fourth-order valence-electron chi connectivity index (χ4n) is 2.04. The van der Waals surface area contributed by atoms with E-state index in [0.29, 0.717) is 11.5 Å². The summed E-state index contributed by atoms with van der Waals surface area (Å²) in [6.45, 7) is 0. The molecular weight excluding hydrogens is 290 g/mol. The lowest BCUT2D eigenvalue weighted by molar-refractivity contribution is 0.0698. The zero-order valence-corrected chi connectivity index (χ0v) is 11.5. The van der Waals surface area contributed by atoms with E-state index in [9.17, 15) is 9.90 Å².